The van der Waals surface area contributed by atoms with E-state index < -0.39 is 15.7 Å². The van der Waals surface area contributed by atoms with Crippen LogP contribution in [0.5, 0.6) is 5.88 Å². The Morgan fingerprint density at radius 2 is 1.74 bits per heavy atom. The van der Waals surface area contributed by atoms with Crippen molar-refractivity contribution in [2.75, 3.05) is 6.26 Å². The van der Waals surface area contributed by atoms with Crippen LogP contribution in [0.25, 0.3) is 16.7 Å². The summed E-state index contributed by atoms with van der Waals surface area (Å²) in [5.41, 5.74) is 8.12. The highest BCUT2D eigenvalue weighted by Crippen LogP contribution is 2.28. The number of primary amides is 1. The zero-order valence-corrected chi connectivity index (χ0v) is 22.6. The van der Waals surface area contributed by atoms with Gasteiger partial charge in [-0.2, -0.15) is 15.2 Å². The monoisotopic (exact) mass is 551 g/mol. The number of hydrogen-bond acceptors (Lipinski definition) is 8. The lowest BCUT2D eigenvalue weighted by Crippen LogP contribution is -2.40. The summed E-state index contributed by atoms with van der Waals surface area (Å²) in [6.07, 6.45) is 6.82. The van der Waals surface area contributed by atoms with Crippen LogP contribution in [-0.4, -0.2) is 63.2 Å². The summed E-state index contributed by atoms with van der Waals surface area (Å²) < 4.78 is 32.8. The number of carbonyl (C=O) groups excluding carboxylic acids is 2. The molecule has 39 heavy (non-hydrogen) atoms. The van der Waals surface area contributed by atoms with Gasteiger partial charge in [0, 0.05) is 24.7 Å². The lowest BCUT2D eigenvalue weighted by atomic mass is 9.92. The molecule has 4 aromatic rings. The molecule has 1 saturated carbocycles. The summed E-state index contributed by atoms with van der Waals surface area (Å²) in [6.45, 7) is 1.79. The molecule has 5 rings (SSSR count). The van der Waals surface area contributed by atoms with Gasteiger partial charge >= 0.3 is 0 Å². The number of ether oxygens (including phenoxy) is 1. The molecule has 1 aliphatic rings. The van der Waals surface area contributed by atoms with E-state index in [1.807, 2.05) is 0 Å². The van der Waals surface area contributed by atoms with Gasteiger partial charge in [0.05, 0.1) is 34.2 Å². The van der Waals surface area contributed by atoms with E-state index in [4.69, 9.17) is 10.5 Å². The zero-order valence-electron chi connectivity index (χ0n) is 21.8. The minimum absolute atomic E-state index is 0.0442. The third-order valence-corrected chi connectivity index (χ3v) is 8.12. The number of hydrogen-bond donors (Lipinski definition) is 2. The van der Waals surface area contributed by atoms with Gasteiger partial charge in [0.15, 0.2) is 15.5 Å². The SMILES string of the molecule is Cc1c(C(=O)NC2CCC(Oc3nc4c(cnn4C)cc3C(N)=O)CC2)cnn1-c1ccc(S(C)(=O)=O)cc1. The molecule has 3 heterocycles. The van der Waals surface area contributed by atoms with Crippen LogP contribution in [-0.2, 0) is 16.9 Å². The molecular weight excluding hydrogens is 522 g/mol. The number of nitrogens with one attached hydrogen (secondary N) is 1. The van der Waals surface area contributed by atoms with Gasteiger partial charge in [-0.25, -0.2) is 13.1 Å². The molecule has 1 aliphatic carbocycles. The molecule has 0 atom stereocenters. The molecule has 0 unspecified atom stereocenters. The zero-order chi connectivity index (χ0) is 27.9. The third-order valence-electron chi connectivity index (χ3n) is 6.99. The largest absolute Gasteiger partial charge is 0.474 e. The first kappa shape index (κ1) is 26.4. The molecule has 2 amide bonds. The van der Waals surface area contributed by atoms with Crippen LogP contribution in [0.2, 0.25) is 0 Å². The Morgan fingerprint density at radius 1 is 1.05 bits per heavy atom. The molecule has 12 nitrogen and oxygen atoms in total. The highest BCUT2D eigenvalue weighted by Gasteiger charge is 2.27. The number of nitrogens with two attached hydrogens (primary N) is 1. The van der Waals surface area contributed by atoms with Crippen molar-refractivity contribution in [2.45, 2.75) is 49.6 Å². The second-order valence-electron chi connectivity index (χ2n) is 9.77. The van der Waals surface area contributed by atoms with Crippen molar-refractivity contribution in [2.24, 2.45) is 12.8 Å². The Hall–Kier alpha value is -4.26. The second-order valence-corrected chi connectivity index (χ2v) is 11.8. The predicted molar refractivity (Wildman–Crippen MR) is 143 cm³/mol. The molecule has 204 valence electrons. The number of pyridine rings is 1. The van der Waals surface area contributed by atoms with E-state index in [1.54, 1.807) is 47.7 Å². The number of fused-ring (bicyclic) bond motifs is 1. The highest BCUT2D eigenvalue weighted by molar-refractivity contribution is 7.90. The molecule has 13 heteroatoms. The van der Waals surface area contributed by atoms with E-state index in [1.165, 1.54) is 18.3 Å². The molecular formula is C26H29N7O5S. The normalized spacial score (nSPS) is 17.7. The topological polar surface area (TPSA) is 164 Å². The number of amides is 2. The summed E-state index contributed by atoms with van der Waals surface area (Å²) >= 11 is 0. The Morgan fingerprint density at radius 3 is 2.38 bits per heavy atom. The minimum atomic E-state index is -3.30. The number of benzene rings is 1. The van der Waals surface area contributed by atoms with E-state index in [0.29, 0.717) is 53.7 Å². The lowest BCUT2D eigenvalue weighted by molar-refractivity contribution is 0.0881. The number of aromatic nitrogens is 5. The molecule has 0 saturated heterocycles. The standard InChI is InChI=1S/C26H29N7O5S/c1-15-22(14-29-33(15)18-6-10-20(11-7-18)39(3,36)37)25(35)30-17-4-8-19(9-5-17)38-26-21(23(27)34)12-16-13-28-32(2)24(16)31-26/h6-7,10-14,17,19H,4-5,8-9H2,1-3H3,(H2,27,34)(H,30,35). The molecule has 3 aromatic heterocycles. The molecule has 3 N–H and O–H groups in total. The molecule has 0 bridgehead atoms. The summed E-state index contributed by atoms with van der Waals surface area (Å²) in [5, 5.41) is 12.3. The maximum Gasteiger partial charge on any atom is 0.254 e. The Kier molecular flexibility index (Phi) is 6.85. The van der Waals surface area contributed by atoms with E-state index >= 15 is 0 Å². The highest BCUT2D eigenvalue weighted by atomic mass is 32.2. The van der Waals surface area contributed by atoms with E-state index in [-0.39, 0.29) is 34.4 Å². The average molecular weight is 552 g/mol. The molecule has 0 spiro atoms. The van der Waals surface area contributed by atoms with Crippen LogP contribution >= 0.6 is 0 Å². The van der Waals surface area contributed by atoms with Gasteiger partial charge in [-0.15, -0.1) is 0 Å². The predicted octanol–water partition coefficient (Wildman–Crippen LogP) is 2.08. The average Bonchev–Trinajstić information content (AvgIpc) is 3.46. The van der Waals surface area contributed by atoms with Crippen molar-refractivity contribution in [3.63, 3.8) is 0 Å². The molecule has 0 radical (unpaired) electrons. The third kappa shape index (κ3) is 5.35. The van der Waals surface area contributed by atoms with Gasteiger partial charge in [0.2, 0.25) is 5.88 Å². The molecule has 1 aromatic carbocycles. The summed E-state index contributed by atoms with van der Waals surface area (Å²) in [6, 6.07) is 7.94. The Balaban J connectivity index is 1.21. The maximum atomic E-state index is 13.0. The van der Waals surface area contributed by atoms with Crippen molar-refractivity contribution in [3.05, 3.63) is 59.5 Å². The fourth-order valence-corrected chi connectivity index (χ4v) is 5.43. The van der Waals surface area contributed by atoms with E-state index in [0.717, 1.165) is 6.26 Å². The summed E-state index contributed by atoms with van der Waals surface area (Å²) in [4.78, 5) is 29.7. The minimum Gasteiger partial charge on any atom is -0.474 e. The first-order valence-corrected chi connectivity index (χ1v) is 14.4. The van der Waals surface area contributed by atoms with Gasteiger partial charge in [0.25, 0.3) is 11.8 Å². The van der Waals surface area contributed by atoms with E-state index in [9.17, 15) is 18.0 Å². The van der Waals surface area contributed by atoms with Crippen LogP contribution in [0.4, 0.5) is 0 Å². The fraction of sp³-hybridized carbons (Fsp3) is 0.346. The molecule has 1 fully saturated rings. The summed E-state index contributed by atoms with van der Waals surface area (Å²) in [7, 11) is -1.54. The van der Waals surface area contributed by atoms with Crippen molar-refractivity contribution < 1.29 is 22.7 Å². The second kappa shape index (κ2) is 10.1. The first-order valence-electron chi connectivity index (χ1n) is 12.5. The van der Waals surface area contributed by atoms with Gasteiger partial charge in [-0.05, 0) is 62.9 Å². The van der Waals surface area contributed by atoms with Crippen molar-refractivity contribution in [1.29, 1.82) is 0 Å². The van der Waals surface area contributed by atoms with Crippen molar-refractivity contribution in [1.82, 2.24) is 29.9 Å². The maximum absolute atomic E-state index is 13.0. The number of carbonyl (C=O) groups is 2. The number of sulfone groups is 1. The smallest absolute Gasteiger partial charge is 0.254 e. The van der Waals surface area contributed by atoms with Gasteiger partial charge in [-0.3, -0.25) is 14.3 Å². The Bertz CT molecular complexity index is 1670. The quantitative estimate of drug-likeness (QED) is 0.352. The number of nitrogens with zero attached hydrogens (tertiary/aromatic N) is 5. The molecule has 0 aliphatic heterocycles. The van der Waals surface area contributed by atoms with Crippen LogP contribution in [0.15, 0.2) is 47.6 Å². The first-order chi connectivity index (χ1) is 18.5. The van der Waals surface area contributed by atoms with Gasteiger partial charge in [0.1, 0.15) is 11.7 Å². The summed E-state index contributed by atoms with van der Waals surface area (Å²) in [5.74, 6) is -0.652. The lowest BCUT2D eigenvalue weighted by Gasteiger charge is -2.29. The van der Waals surface area contributed by atoms with Crippen LogP contribution < -0.4 is 15.8 Å². The van der Waals surface area contributed by atoms with Gasteiger partial charge < -0.3 is 15.8 Å². The van der Waals surface area contributed by atoms with Crippen LogP contribution in [0.3, 0.4) is 0 Å². The van der Waals surface area contributed by atoms with Crippen molar-refractivity contribution >= 4 is 32.7 Å². The number of aryl methyl sites for hydroxylation is 1. The van der Waals surface area contributed by atoms with Crippen molar-refractivity contribution in [3.8, 4) is 11.6 Å². The number of rotatable bonds is 7. The van der Waals surface area contributed by atoms with E-state index in [2.05, 4.69) is 20.5 Å². The Labute approximate surface area is 225 Å². The van der Waals surface area contributed by atoms with Gasteiger partial charge in [-0.1, -0.05) is 0 Å². The van der Waals surface area contributed by atoms with Crippen LogP contribution in [0.1, 0.15) is 52.1 Å². The fourth-order valence-electron chi connectivity index (χ4n) is 4.80. The van der Waals surface area contributed by atoms with Crippen LogP contribution in [0, 0.1) is 6.92 Å².